The van der Waals surface area contributed by atoms with Gasteiger partial charge in [-0.05, 0) is 38.0 Å². The number of rotatable bonds is 4. The van der Waals surface area contributed by atoms with Crippen LogP contribution in [-0.4, -0.2) is 36.9 Å². The van der Waals surface area contributed by atoms with Crippen LogP contribution in [0.15, 0.2) is 12.1 Å². The van der Waals surface area contributed by atoms with Gasteiger partial charge >= 0.3 is 0 Å². The maximum absolute atomic E-state index is 12.4. The van der Waals surface area contributed by atoms with Gasteiger partial charge in [0.05, 0.1) is 6.54 Å². The zero-order valence-electron chi connectivity index (χ0n) is 11.9. The molecule has 5 heteroatoms. The standard InChI is InChI=1S/C14H21N3O2/c1-5-17(8-13(18)16-4)14(19)11-7-12(15)10(3)6-9(11)2/h6-7H,5,8,15H2,1-4H3,(H,16,18). The van der Waals surface area contributed by atoms with Crippen molar-refractivity contribution in [3.8, 4) is 0 Å². The van der Waals surface area contributed by atoms with E-state index in [2.05, 4.69) is 5.32 Å². The van der Waals surface area contributed by atoms with E-state index in [1.807, 2.05) is 26.8 Å². The third-order valence-electron chi connectivity index (χ3n) is 3.13. The second-order valence-electron chi connectivity index (χ2n) is 4.52. The summed E-state index contributed by atoms with van der Waals surface area (Å²) in [5.41, 5.74) is 8.80. The number of carbonyl (C=O) groups is 2. The van der Waals surface area contributed by atoms with Crippen molar-refractivity contribution in [1.29, 1.82) is 0 Å². The summed E-state index contributed by atoms with van der Waals surface area (Å²) >= 11 is 0. The van der Waals surface area contributed by atoms with Gasteiger partial charge in [0.15, 0.2) is 0 Å². The van der Waals surface area contributed by atoms with E-state index in [0.717, 1.165) is 11.1 Å². The summed E-state index contributed by atoms with van der Waals surface area (Å²) in [5.74, 6) is -0.358. The van der Waals surface area contributed by atoms with E-state index in [4.69, 9.17) is 5.73 Å². The highest BCUT2D eigenvalue weighted by Gasteiger charge is 2.19. The van der Waals surface area contributed by atoms with Gasteiger partial charge in [-0.1, -0.05) is 6.07 Å². The normalized spacial score (nSPS) is 10.1. The molecule has 0 aromatic heterocycles. The maximum atomic E-state index is 12.4. The molecule has 0 aliphatic carbocycles. The van der Waals surface area contributed by atoms with Gasteiger partial charge in [0.2, 0.25) is 5.91 Å². The van der Waals surface area contributed by atoms with Gasteiger partial charge in [0.25, 0.3) is 5.91 Å². The smallest absolute Gasteiger partial charge is 0.254 e. The fourth-order valence-electron chi connectivity index (χ4n) is 1.85. The zero-order valence-corrected chi connectivity index (χ0v) is 11.9. The van der Waals surface area contributed by atoms with Crippen LogP contribution in [0.1, 0.15) is 28.4 Å². The molecule has 104 valence electrons. The van der Waals surface area contributed by atoms with Crippen molar-refractivity contribution < 1.29 is 9.59 Å². The molecular weight excluding hydrogens is 242 g/mol. The van der Waals surface area contributed by atoms with E-state index in [0.29, 0.717) is 17.8 Å². The maximum Gasteiger partial charge on any atom is 0.254 e. The summed E-state index contributed by atoms with van der Waals surface area (Å²) in [4.78, 5) is 25.3. The Morgan fingerprint density at radius 1 is 1.26 bits per heavy atom. The molecule has 0 heterocycles. The number of nitrogens with one attached hydrogen (secondary N) is 1. The molecule has 1 rings (SSSR count). The molecule has 0 radical (unpaired) electrons. The topological polar surface area (TPSA) is 75.4 Å². The molecular formula is C14H21N3O2. The van der Waals surface area contributed by atoms with E-state index in [1.54, 1.807) is 13.1 Å². The van der Waals surface area contributed by atoms with Crippen LogP contribution in [0.3, 0.4) is 0 Å². The second-order valence-corrected chi connectivity index (χ2v) is 4.52. The molecule has 0 atom stereocenters. The molecule has 0 bridgehead atoms. The van der Waals surface area contributed by atoms with Crippen molar-refractivity contribution in [3.63, 3.8) is 0 Å². The van der Waals surface area contributed by atoms with Gasteiger partial charge in [-0.3, -0.25) is 9.59 Å². The Balaban J connectivity index is 3.04. The Morgan fingerprint density at radius 2 is 1.89 bits per heavy atom. The number of nitrogen functional groups attached to an aromatic ring is 1. The van der Waals surface area contributed by atoms with Crippen LogP contribution in [0, 0.1) is 13.8 Å². The van der Waals surface area contributed by atoms with Gasteiger partial charge in [-0.2, -0.15) is 0 Å². The van der Waals surface area contributed by atoms with E-state index < -0.39 is 0 Å². The van der Waals surface area contributed by atoms with Crippen LogP contribution in [0.4, 0.5) is 5.69 Å². The molecule has 0 aliphatic rings. The molecule has 0 unspecified atom stereocenters. The summed E-state index contributed by atoms with van der Waals surface area (Å²) < 4.78 is 0. The van der Waals surface area contributed by atoms with E-state index in [1.165, 1.54) is 4.90 Å². The highest BCUT2D eigenvalue weighted by Crippen LogP contribution is 2.19. The second kappa shape index (κ2) is 6.22. The molecule has 3 N–H and O–H groups in total. The quantitative estimate of drug-likeness (QED) is 0.799. The van der Waals surface area contributed by atoms with Crippen LogP contribution in [0.2, 0.25) is 0 Å². The first-order valence-corrected chi connectivity index (χ1v) is 6.27. The number of nitrogens with two attached hydrogens (primary N) is 1. The van der Waals surface area contributed by atoms with Gasteiger partial charge < -0.3 is 16.0 Å². The van der Waals surface area contributed by atoms with Crippen LogP contribution in [0.25, 0.3) is 0 Å². The molecule has 0 saturated carbocycles. The SMILES string of the molecule is CCN(CC(=O)NC)C(=O)c1cc(N)c(C)cc1C. The lowest BCUT2D eigenvalue weighted by Gasteiger charge is -2.21. The van der Waals surface area contributed by atoms with Gasteiger partial charge in [0.1, 0.15) is 0 Å². The largest absolute Gasteiger partial charge is 0.398 e. The Bertz CT molecular complexity index is 498. The Hall–Kier alpha value is -2.04. The average Bonchev–Trinajstić information content (AvgIpc) is 2.39. The number of hydrogen-bond donors (Lipinski definition) is 2. The lowest BCUT2D eigenvalue weighted by molar-refractivity contribution is -0.121. The minimum absolute atomic E-state index is 0.0546. The fraction of sp³-hybridized carbons (Fsp3) is 0.429. The van der Waals surface area contributed by atoms with Crippen molar-refractivity contribution >= 4 is 17.5 Å². The van der Waals surface area contributed by atoms with Gasteiger partial charge in [0, 0.05) is 24.8 Å². The monoisotopic (exact) mass is 263 g/mol. The third kappa shape index (κ3) is 3.47. The van der Waals surface area contributed by atoms with Crippen molar-refractivity contribution in [3.05, 3.63) is 28.8 Å². The summed E-state index contributed by atoms with van der Waals surface area (Å²) in [6.45, 7) is 6.14. The molecule has 0 aliphatic heterocycles. The van der Waals surface area contributed by atoms with Crippen LogP contribution in [-0.2, 0) is 4.79 Å². The van der Waals surface area contributed by atoms with E-state index in [9.17, 15) is 9.59 Å². The Morgan fingerprint density at radius 3 is 2.42 bits per heavy atom. The fourth-order valence-corrected chi connectivity index (χ4v) is 1.85. The highest BCUT2D eigenvalue weighted by atomic mass is 16.2. The molecule has 0 fully saturated rings. The van der Waals surface area contributed by atoms with Crippen LogP contribution >= 0.6 is 0 Å². The number of hydrogen-bond acceptors (Lipinski definition) is 3. The number of benzene rings is 1. The number of anilines is 1. The zero-order chi connectivity index (χ0) is 14.6. The van der Waals surface area contributed by atoms with E-state index in [-0.39, 0.29) is 18.4 Å². The molecule has 5 nitrogen and oxygen atoms in total. The molecule has 0 spiro atoms. The Labute approximate surface area is 113 Å². The van der Waals surface area contributed by atoms with Crippen molar-refractivity contribution in [2.75, 3.05) is 25.9 Å². The summed E-state index contributed by atoms with van der Waals surface area (Å²) in [7, 11) is 1.55. The summed E-state index contributed by atoms with van der Waals surface area (Å²) in [6, 6.07) is 3.57. The predicted octanol–water partition coefficient (Wildman–Crippen LogP) is 1.09. The number of amides is 2. The molecule has 2 amide bonds. The first kappa shape index (κ1) is 15.0. The lowest BCUT2D eigenvalue weighted by atomic mass is 10.0. The minimum Gasteiger partial charge on any atom is -0.398 e. The van der Waals surface area contributed by atoms with Crippen molar-refractivity contribution in [1.82, 2.24) is 10.2 Å². The number of likely N-dealkylation sites (N-methyl/N-ethyl adjacent to an activating group) is 2. The number of carbonyl (C=O) groups excluding carboxylic acids is 2. The third-order valence-corrected chi connectivity index (χ3v) is 3.13. The Kier molecular flexibility index (Phi) is 4.92. The molecule has 0 saturated heterocycles. The van der Waals surface area contributed by atoms with E-state index >= 15 is 0 Å². The average molecular weight is 263 g/mol. The molecule has 1 aromatic rings. The predicted molar refractivity (Wildman–Crippen MR) is 76.0 cm³/mol. The number of nitrogens with zero attached hydrogens (tertiary/aromatic N) is 1. The molecule has 1 aromatic carbocycles. The van der Waals surface area contributed by atoms with Crippen LogP contribution in [0.5, 0.6) is 0 Å². The summed E-state index contributed by atoms with van der Waals surface area (Å²) in [6.07, 6.45) is 0. The number of aryl methyl sites for hydroxylation is 2. The molecule has 19 heavy (non-hydrogen) atoms. The van der Waals surface area contributed by atoms with Crippen molar-refractivity contribution in [2.24, 2.45) is 0 Å². The minimum atomic E-state index is -0.187. The highest BCUT2D eigenvalue weighted by molar-refractivity contribution is 5.98. The van der Waals surface area contributed by atoms with Crippen molar-refractivity contribution in [2.45, 2.75) is 20.8 Å². The van der Waals surface area contributed by atoms with Crippen LogP contribution < -0.4 is 11.1 Å². The first-order chi connectivity index (χ1) is 8.90. The van der Waals surface area contributed by atoms with Gasteiger partial charge in [-0.25, -0.2) is 0 Å². The van der Waals surface area contributed by atoms with Gasteiger partial charge in [-0.15, -0.1) is 0 Å². The first-order valence-electron chi connectivity index (χ1n) is 6.27. The summed E-state index contributed by atoms with van der Waals surface area (Å²) in [5, 5.41) is 2.51. The lowest BCUT2D eigenvalue weighted by Crippen LogP contribution is -2.39.